The predicted octanol–water partition coefficient (Wildman–Crippen LogP) is 2.19. The Kier molecular flexibility index (Phi) is 9.67. The lowest BCUT2D eigenvalue weighted by Crippen LogP contribution is -2.36. The molecular formula is C14H24ClN3OS. The lowest BCUT2D eigenvalue weighted by atomic mass is 10.2. The first kappa shape index (κ1) is 19.2. The predicted molar refractivity (Wildman–Crippen MR) is 90.7 cm³/mol. The number of halogens is 1. The first-order valence-corrected chi connectivity index (χ1v) is 7.71. The second kappa shape index (κ2) is 10.0. The van der Waals surface area contributed by atoms with Gasteiger partial charge in [-0.1, -0.05) is 12.1 Å². The number of nitrogens with zero attached hydrogens (tertiary/aromatic N) is 1. The Morgan fingerprint density at radius 1 is 1.35 bits per heavy atom. The molecule has 1 amide bonds. The average Bonchev–Trinajstić information content (AvgIpc) is 2.37. The number of thioether (sulfide) groups is 1. The lowest BCUT2D eigenvalue weighted by Gasteiger charge is -2.13. The highest BCUT2D eigenvalue weighted by Crippen LogP contribution is 2.11. The van der Waals surface area contributed by atoms with Gasteiger partial charge in [-0.2, -0.15) is 11.8 Å². The molecule has 20 heavy (non-hydrogen) atoms. The molecule has 0 spiro atoms. The summed E-state index contributed by atoms with van der Waals surface area (Å²) < 4.78 is 0. The Labute approximate surface area is 131 Å². The average molecular weight is 318 g/mol. The van der Waals surface area contributed by atoms with Gasteiger partial charge in [0.15, 0.2) is 0 Å². The van der Waals surface area contributed by atoms with Gasteiger partial charge in [-0.05, 0) is 50.2 Å². The van der Waals surface area contributed by atoms with Crippen molar-refractivity contribution in [2.24, 2.45) is 5.73 Å². The lowest BCUT2D eigenvalue weighted by molar-refractivity contribution is -0.117. The summed E-state index contributed by atoms with van der Waals surface area (Å²) in [5.74, 6) is 0.783. The molecule has 0 saturated carbocycles. The third-order valence-corrected chi connectivity index (χ3v) is 3.33. The number of hydrogen-bond acceptors (Lipinski definition) is 4. The summed E-state index contributed by atoms with van der Waals surface area (Å²) in [6.07, 6.45) is 2.71. The fraction of sp³-hybridized carbons (Fsp3) is 0.500. The molecule has 0 fully saturated rings. The summed E-state index contributed by atoms with van der Waals surface area (Å²) >= 11 is 1.70. The molecule has 0 aliphatic carbocycles. The van der Waals surface area contributed by atoms with Crippen LogP contribution in [0.4, 0.5) is 5.69 Å². The molecular weight excluding hydrogens is 294 g/mol. The third kappa shape index (κ3) is 7.14. The maximum absolute atomic E-state index is 11.8. The second-order valence-corrected chi connectivity index (χ2v) is 5.80. The first-order valence-electron chi connectivity index (χ1n) is 6.32. The number of carbonyl (C=O) groups excluding carboxylic acids is 1. The number of rotatable bonds is 7. The van der Waals surface area contributed by atoms with Crippen LogP contribution in [0.25, 0.3) is 0 Å². The Bertz CT molecular complexity index is 398. The molecule has 3 N–H and O–H groups in total. The van der Waals surface area contributed by atoms with Crippen LogP contribution in [-0.2, 0) is 11.3 Å². The molecule has 1 atom stereocenters. The summed E-state index contributed by atoms with van der Waals surface area (Å²) in [6.45, 7) is 0.890. The van der Waals surface area contributed by atoms with E-state index in [1.54, 1.807) is 11.8 Å². The molecule has 1 rings (SSSR count). The third-order valence-electron chi connectivity index (χ3n) is 2.69. The molecule has 0 aliphatic rings. The fourth-order valence-corrected chi connectivity index (χ4v) is 2.16. The van der Waals surface area contributed by atoms with Gasteiger partial charge in [-0.15, -0.1) is 12.4 Å². The van der Waals surface area contributed by atoms with Crippen molar-refractivity contribution >= 4 is 35.8 Å². The molecule has 0 heterocycles. The minimum atomic E-state index is -0.436. The first-order chi connectivity index (χ1) is 9.02. The van der Waals surface area contributed by atoms with Gasteiger partial charge in [0.2, 0.25) is 5.91 Å². The number of nitrogens with one attached hydrogen (secondary N) is 1. The van der Waals surface area contributed by atoms with Crippen LogP contribution in [0.5, 0.6) is 0 Å². The molecule has 0 aromatic heterocycles. The van der Waals surface area contributed by atoms with Crippen molar-refractivity contribution < 1.29 is 4.79 Å². The van der Waals surface area contributed by atoms with E-state index in [0.29, 0.717) is 6.42 Å². The minimum absolute atomic E-state index is 0. The van der Waals surface area contributed by atoms with E-state index in [-0.39, 0.29) is 18.3 Å². The van der Waals surface area contributed by atoms with Crippen molar-refractivity contribution in [3.05, 3.63) is 29.8 Å². The maximum Gasteiger partial charge on any atom is 0.241 e. The molecule has 1 unspecified atom stereocenters. The zero-order valence-corrected chi connectivity index (χ0v) is 13.9. The number of carbonyl (C=O) groups is 1. The molecule has 6 heteroatoms. The van der Waals surface area contributed by atoms with Gasteiger partial charge in [0, 0.05) is 12.2 Å². The standard InChI is InChI=1S/C14H23N3OS.ClH/c1-17(2)10-11-4-6-12(7-5-11)16-14(18)13(15)8-9-19-3;/h4-7,13H,8-10,15H2,1-3H3,(H,16,18);1H. The van der Waals surface area contributed by atoms with Gasteiger partial charge in [0.05, 0.1) is 6.04 Å². The molecule has 4 nitrogen and oxygen atoms in total. The smallest absolute Gasteiger partial charge is 0.241 e. The van der Waals surface area contributed by atoms with Crippen LogP contribution in [0.3, 0.4) is 0 Å². The highest BCUT2D eigenvalue weighted by atomic mass is 35.5. The largest absolute Gasteiger partial charge is 0.325 e. The van der Waals surface area contributed by atoms with Crippen LogP contribution in [-0.4, -0.2) is 43.0 Å². The zero-order valence-electron chi connectivity index (χ0n) is 12.3. The Hall–Kier alpha value is -0.750. The van der Waals surface area contributed by atoms with Crippen molar-refractivity contribution in [1.82, 2.24) is 4.90 Å². The molecule has 1 aromatic carbocycles. The van der Waals surface area contributed by atoms with Crippen molar-refractivity contribution in [1.29, 1.82) is 0 Å². The van der Waals surface area contributed by atoms with Crippen LogP contribution in [0.1, 0.15) is 12.0 Å². The Balaban J connectivity index is 0.00000361. The highest BCUT2D eigenvalue weighted by molar-refractivity contribution is 7.98. The van der Waals surface area contributed by atoms with E-state index in [2.05, 4.69) is 10.2 Å². The van der Waals surface area contributed by atoms with Gasteiger partial charge in [0.25, 0.3) is 0 Å². The van der Waals surface area contributed by atoms with Gasteiger partial charge < -0.3 is 16.0 Å². The van der Waals surface area contributed by atoms with Crippen molar-refractivity contribution in [3.8, 4) is 0 Å². The number of amides is 1. The van der Waals surface area contributed by atoms with E-state index in [4.69, 9.17) is 5.73 Å². The fourth-order valence-electron chi connectivity index (χ4n) is 1.67. The summed E-state index contributed by atoms with van der Waals surface area (Å²) in [7, 11) is 4.06. The number of anilines is 1. The normalized spacial score (nSPS) is 11.8. The zero-order chi connectivity index (χ0) is 14.3. The van der Waals surface area contributed by atoms with Crippen LogP contribution < -0.4 is 11.1 Å². The van der Waals surface area contributed by atoms with Crippen LogP contribution in [0.15, 0.2) is 24.3 Å². The number of benzene rings is 1. The van der Waals surface area contributed by atoms with E-state index in [0.717, 1.165) is 18.0 Å². The number of nitrogens with two attached hydrogens (primary N) is 1. The highest BCUT2D eigenvalue weighted by Gasteiger charge is 2.12. The maximum atomic E-state index is 11.8. The topological polar surface area (TPSA) is 58.4 Å². The monoisotopic (exact) mass is 317 g/mol. The Morgan fingerprint density at radius 3 is 2.45 bits per heavy atom. The van der Waals surface area contributed by atoms with Crippen molar-refractivity contribution in [2.45, 2.75) is 19.0 Å². The van der Waals surface area contributed by atoms with Crippen molar-refractivity contribution in [3.63, 3.8) is 0 Å². The minimum Gasteiger partial charge on any atom is -0.325 e. The summed E-state index contributed by atoms with van der Waals surface area (Å²) in [4.78, 5) is 13.9. The quantitative estimate of drug-likeness (QED) is 0.809. The van der Waals surface area contributed by atoms with E-state index in [1.165, 1.54) is 5.56 Å². The van der Waals surface area contributed by atoms with Crippen LogP contribution in [0, 0.1) is 0 Å². The number of hydrogen-bond donors (Lipinski definition) is 2. The van der Waals surface area contributed by atoms with Gasteiger partial charge in [-0.25, -0.2) is 0 Å². The Morgan fingerprint density at radius 2 is 1.95 bits per heavy atom. The summed E-state index contributed by atoms with van der Waals surface area (Å²) in [5.41, 5.74) is 7.83. The van der Waals surface area contributed by atoms with E-state index < -0.39 is 6.04 Å². The molecule has 0 aliphatic heterocycles. The van der Waals surface area contributed by atoms with Crippen LogP contribution in [0.2, 0.25) is 0 Å². The molecule has 0 bridgehead atoms. The van der Waals surface area contributed by atoms with Crippen LogP contribution >= 0.6 is 24.2 Å². The van der Waals surface area contributed by atoms with Gasteiger partial charge >= 0.3 is 0 Å². The van der Waals surface area contributed by atoms with E-state index in [1.807, 2.05) is 44.6 Å². The van der Waals surface area contributed by atoms with Gasteiger partial charge in [-0.3, -0.25) is 4.79 Å². The summed E-state index contributed by atoms with van der Waals surface area (Å²) in [6, 6.07) is 7.43. The van der Waals surface area contributed by atoms with Crippen molar-refractivity contribution in [2.75, 3.05) is 31.4 Å². The van der Waals surface area contributed by atoms with E-state index >= 15 is 0 Å². The van der Waals surface area contributed by atoms with E-state index in [9.17, 15) is 4.79 Å². The molecule has 0 radical (unpaired) electrons. The summed E-state index contributed by atoms with van der Waals surface area (Å²) in [5, 5.41) is 2.84. The second-order valence-electron chi connectivity index (χ2n) is 4.81. The SMILES string of the molecule is CSCCC(N)C(=O)Nc1ccc(CN(C)C)cc1.Cl. The molecule has 0 saturated heterocycles. The van der Waals surface area contributed by atoms with Gasteiger partial charge in [0.1, 0.15) is 0 Å². The molecule has 114 valence electrons. The molecule has 1 aromatic rings.